The Morgan fingerprint density at radius 1 is 1.03 bits per heavy atom. The van der Waals surface area contributed by atoms with Crippen molar-refractivity contribution in [3.8, 4) is 11.5 Å². The number of carbonyl (C=O) groups is 3. The fraction of sp³-hybridized carbons (Fsp3) is 0.318. The van der Waals surface area contributed by atoms with E-state index in [1.54, 1.807) is 54.5 Å². The molecule has 1 unspecified atom stereocenters. The third-order valence-electron chi connectivity index (χ3n) is 4.92. The van der Waals surface area contributed by atoms with E-state index in [1.807, 2.05) is 6.07 Å². The normalized spacial score (nSPS) is 15.6. The number of nitrogens with one attached hydrogen (secondary N) is 2. The average Bonchev–Trinajstić information content (AvgIpc) is 3.18. The lowest BCUT2D eigenvalue weighted by atomic mass is 10.1. The van der Waals surface area contributed by atoms with Gasteiger partial charge in [0, 0.05) is 37.7 Å². The number of amides is 3. The summed E-state index contributed by atoms with van der Waals surface area (Å²) in [7, 11) is 3.07. The van der Waals surface area contributed by atoms with Gasteiger partial charge in [-0.25, -0.2) is 0 Å². The van der Waals surface area contributed by atoms with Crippen LogP contribution < -0.4 is 25.0 Å². The van der Waals surface area contributed by atoms with E-state index in [1.165, 1.54) is 7.11 Å². The molecule has 1 aliphatic heterocycles. The zero-order valence-electron chi connectivity index (χ0n) is 17.0. The van der Waals surface area contributed by atoms with E-state index in [2.05, 4.69) is 10.6 Å². The molecule has 1 fully saturated rings. The molecule has 0 aliphatic carbocycles. The van der Waals surface area contributed by atoms with E-state index < -0.39 is 5.92 Å². The molecule has 158 valence electrons. The number of rotatable bonds is 8. The van der Waals surface area contributed by atoms with Gasteiger partial charge in [0.15, 0.2) is 0 Å². The van der Waals surface area contributed by atoms with Crippen LogP contribution in [-0.2, 0) is 9.59 Å². The lowest BCUT2D eigenvalue weighted by Crippen LogP contribution is -2.38. The number of hydrogen-bond acceptors (Lipinski definition) is 5. The summed E-state index contributed by atoms with van der Waals surface area (Å²) in [6.45, 7) is 0.836. The Balaban J connectivity index is 1.52. The highest BCUT2D eigenvalue weighted by atomic mass is 16.5. The van der Waals surface area contributed by atoms with E-state index >= 15 is 0 Å². The average molecular weight is 411 g/mol. The monoisotopic (exact) mass is 411 g/mol. The molecule has 2 N–H and O–H groups in total. The molecule has 2 aromatic carbocycles. The van der Waals surface area contributed by atoms with Gasteiger partial charge in [0.25, 0.3) is 5.91 Å². The molecule has 8 nitrogen and oxygen atoms in total. The summed E-state index contributed by atoms with van der Waals surface area (Å²) < 4.78 is 10.6. The first-order chi connectivity index (χ1) is 14.5. The van der Waals surface area contributed by atoms with Crippen LogP contribution in [0.15, 0.2) is 48.5 Å². The number of ether oxygens (including phenoxy) is 2. The van der Waals surface area contributed by atoms with Gasteiger partial charge in [-0.2, -0.15) is 0 Å². The van der Waals surface area contributed by atoms with Gasteiger partial charge in [-0.15, -0.1) is 0 Å². The summed E-state index contributed by atoms with van der Waals surface area (Å²) in [5.74, 6) is 0.0886. The van der Waals surface area contributed by atoms with Crippen LogP contribution >= 0.6 is 0 Å². The van der Waals surface area contributed by atoms with Gasteiger partial charge in [-0.05, 0) is 24.3 Å². The van der Waals surface area contributed by atoms with Crippen molar-refractivity contribution < 1.29 is 23.9 Å². The predicted octanol–water partition coefficient (Wildman–Crippen LogP) is 1.60. The molecular weight excluding hydrogens is 386 g/mol. The molecule has 2 aromatic rings. The Hall–Kier alpha value is -3.55. The van der Waals surface area contributed by atoms with E-state index in [0.29, 0.717) is 29.3 Å². The van der Waals surface area contributed by atoms with Gasteiger partial charge in [0.05, 0.1) is 25.8 Å². The van der Waals surface area contributed by atoms with Gasteiger partial charge in [0.2, 0.25) is 11.8 Å². The minimum absolute atomic E-state index is 0.114. The third-order valence-corrected chi connectivity index (χ3v) is 4.92. The van der Waals surface area contributed by atoms with Crippen molar-refractivity contribution in [3.63, 3.8) is 0 Å². The molecule has 0 aromatic heterocycles. The number of nitrogens with zero attached hydrogens (tertiary/aromatic N) is 1. The lowest BCUT2D eigenvalue weighted by molar-refractivity contribution is -0.126. The molecule has 8 heteroatoms. The Morgan fingerprint density at radius 3 is 2.47 bits per heavy atom. The minimum Gasteiger partial charge on any atom is -0.497 e. The van der Waals surface area contributed by atoms with Crippen molar-refractivity contribution in [3.05, 3.63) is 54.1 Å². The lowest BCUT2D eigenvalue weighted by Gasteiger charge is -2.20. The quantitative estimate of drug-likeness (QED) is 0.643. The van der Waals surface area contributed by atoms with E-state index in [-0.39, 0.29) is 37.2 Å². The first-order valence-corrected chi connectivity index (χ1v) is 9.67. The van der Waals surface area contributed by atoms with Crippen LogP contribution in [-0.4, -0.2) is 51.6 Å². The van der Waals surface area contributed by atoms with Crippen LogP contribution in [0, 0.1) is 5.92 Å². The molecular formula is C22H25N3O5. The molecule has 0 spiro atoms. The van der Waals surface area contributed by atoms with E-state index in [9.17, 15) is 14.4 Å². The van der Waals surface area contributed by atoms with Crippen molar-refractivity contribution in [1.29, 1.82) is 0 Å². The van der Waals surface area contributed by atoms with Gasteiger partial charge in [-0.1, -0.05) is 18.2 Å². The number of methoxy groups -OCH3 is 2. The molecule has 1 aliphatic rings. The Kier molecular flexibility index (Phi) is 6.90. The zero-order valence-corrected chi connectivity index (χ0v) is 17.0. The zero-order chi connectivity index (χ0) is 21.5. The van der Waals surface area contributed by atoms with Gasteiger partial charge in [0.1, 0.15) is 11.5 Å². The topological polar surface area (TPSA) is 97.0 Å². The third kappa shape index (κ3) is 4.89. The van der Waals surface area contributed by atoms with Crippen molar-refractivity contribution >= 4 is 23.4 Å². The maximum absolute atomic E-state index is 12.5. The van der Waals surface area contributed by atoms with Gasteiger partial charge < -0.3 is 25.0 Å². The number of anilines is 1. The first-order valence-electron chi connectivity index (χ1n) is 9.67. The molecule has 0 bridgehead atoms. The summed E-state index contributed by atoms with van der Waals surface area (Å²) in [6, 6.07) is 14.0. The van der Waals surface area contributed by atoms with Crippen molar-refractivity contribution in [2.75, 3.05) is 38.8 Å². The SMILES string of the molecule is COc1ccc(OC)c(N2CC(C(=O)NCCNC(=O)c3ccccc3)CC2=O)c1. The Labute approximate surface area is 175 Å². The standard InChI is InChI=1S/C22H25N3O5/c1-29-17-8-9-19(30-2)18(13-17)25-14-16(12-20(25)26)22(28)24-11-10-23-21(27)15-6-4-3-5-7-15/h3-9,13,16H,10-12,14H2,1-2H3,(H,23,27)(H,24,28). The van der Waals surface area contributed by atoms with E-state index in [0.717, 1.165) is 0 Å². The number of hydrogen-bond donors (Lipinski definition) is 2. The molecule has 1 heterocycles. The van der Waals surface area contributed by atoms with Crippen LogP contribution in [0.5, 0.6) is 11.5 Å². The fourth-order valence-electron chi connectivity index (χ4n) is 3.32. The molecule has 3 rings (SSSR count). The minimum atomic E-state index is -0.474. The molecule has 0 saturated carbocycles. The summed E-state index contributed by atoms with van der Waals surface area (Å²) in [5.41, 5.74) is 1.14. The number of benzene rings is 2. The highest BCUT2D eigenvalue weighted by Gasteiger charge is 2.36. The summed E-state index contributed by atoms with van der Waals surface area (Å²) in [5, 5.41) is 5.54. The van der Waals surface area contributed by atoms with Crippen LogP contribution in [0.25, 0.3) is 0 Å². The molecule has 0 radical (unpaired) electrons. The highest BCUT2D eigenvalue weighted by Crippen LogP contribution is 2.36. The second kappa shape index (κ2) is 9.78. The van der Waals surface area contributed by atoms with Gasteiger partial charge in [-0.3, -0.25) is 14.4 Å². The molecule has 1 atom stereocenters. The van der Waals surface area contributed by atoms with Crippen molar-refractivity contribution in [2.45, 2.75) is 6.42 Å². The fourth-order valence-corrected chi connectivity index (χ4v) is 3.32. The summed E-state index contributed by atoms with van der Waals surface area (Å²) >= 11 is 0. The van der Waals surface area contributed by atoms with Crippen LogP contribution in [0.3, 0.4) is 0 Å². The maximum Gasteiger partial charge on any atom is 0.251 e. The summed E-state index contributed by atoms with van der Waals surface area (Å²) in [4.78, 5) is 38.6. The van der Waals surface area contributed by atoms with Crippen LogP contribution in [0.4, 0.5) is 5.69 Å². The Bertz CT molecular complexity index is 916. The van der Waals surface area contributed by atoms with Crippen LogP contribution in [0.2, 0.25) is 0 Å². The summed E-state index contributed by atoms with van der Waals surface area (Å²) in [6.07, 6.45) is 0.114. The van der Waals surface area contributed by atoms with Gasteiger partial charge >= 0.3 is 0 Å². The molecule has 1 saturated heterocycles. The largest absolute Gasteiger partial charge is 0.497 e. The van der Waals surface area contributed by atoms with Crippen LogP contribution in [0.1, 0.15) is 16.8 Å². The Morgan fingerprint density at radius 2 is 1.77 bits per heavy atom. The predicted molar refractivity (Wildman–Crippen MR) is 112 cm³/mol. The van der Waals surface area contributed by atoms with E-state index in [4.69, 9.17) is 9.47 Å². The second-order valence-corrected chi connectivity index (χ2v) is 6.86. The second-order valence-electron chi connectivity index (χ2n) is 6.86. The highest BCUT2D eigenvalue weighted by molar-refractivity contribution is 6.01. The smallest absolute Gasteiger partial charge is 0.251 e. The maximum atomic E-state index is 12.5. The van der Waals surface area contributed by atoms with Crippen molar-refractivity contribution in [1.82, 2.24) is 10.6 Å². The molecule has 30 heavy (non-hydrogen) atoms. The number of carbonyl (C=O) groups excluding carboxylic acids is 3. The van der Waals surface area contributed by atoms with Crippen molar-refractivity contribution in [2.24, 2.45) is 5.92 Å². The molecule has 3 amide bonds. The first kappa shape index (κ1) is 21.2.